The third-order valence-corrected chi connectivity index (χ3v) is 12.5. The van der Waals surface area contributed by atoms with Gasteiger partial charge in [-0.15, -0.1) is 0 Å². The maximum atomic E-state index is 14.6. The molecule has 0 heterocycles. The summed E-state index contributed by atoms with van der Waals surface area (Å²) in [4.78, 5) is 27.1. The molecule has 0 saturated carbocycles. The van der Waals surface area contributed by atoms with Crippen molar-refractivity contribution in [3.05, 3.63) is 86.0 Å². The molecule has 21 heteroatoms. The standard InChI is InChI=1S/C36H38N2O13S3.3Na/c1-7-18-13-16(5)35(53(46,47)48)20(9-3)30(18)37-22-11-12-23(38-31-19(8-2)14-17(6)36(21(31)10-4)54(49,50)51)27-26(22)33(41)28-24(39)15-25(52(43,44)45)32(40)29(28)34(27)42;;;/h11-15,37-40H,7-10H2,1-6H3,(H,43,44,45)(H,46,47,48)(H,49,50,51);;;. The van der Waals surface area contributed by atoms with E-state index in [0.29, 0.717) is 30.0 Å². The number of nitrogens with one attached hydrogen (secondary N) is 2. The maximum Gasteiger partial charge on any atom is 0.298 e. The van der Waals surface area contributed by atoms with Crippen LogP contribution < -0.4 is 10.6 Å². The Balaban J connectivity index is 0.00000374. The Morgan fingerprint density at radius 2 is 0.912 bits per heavy atom. The van der Waals surface area contributed by atoms with Crippen molar-refractivity contribution in [1.29, 1.82) is 0 Å². The average Bonchev–Trinajstić information content (AvgIpc) is 3.07. The molecular weight excluding hydrogens is 834 g/mol. The molecule has 15 nitrogen and oxygen atoms in total. The first-order valence-corrected chi connectivity index (χ1v) is 21.0. The second kappa shape index (κ2) is 18.8. The smallest absolute Gasteiger partial charge is 0.298 e. The number of aromatic hydroxyl groups is 2. The number of phenols is 2. The molecule has 0 unspecified atom stereocenters. The van der Waals surface area contributed by atoms with Gasteiger partial charge in [0.05, 0.1) is 33.6 Å². The monoisotopic (exact) mass is 871 g/mol. The summed E-state index contributed by atoms with van der Waals surface area (Å²) in [5.41, 5.74) is -0.564. The number of hydrogen-bond acceptors (Lipinski definition) is 12. The summed E-state index contributed by atoms with van der Waals surface area (Å²) >= 11 is 0. The Morgan fingerprint density at radius 3 is 1.23 bits per heavy atom. The first-order chi connectivity index (χ1) is 25.0. The zero-order chi connectivity index (χ0) is 40.4. The van der Waals surface area contributed by atoms with Crippen LogP contribution in [0.1, 0.15) is 92.9 Å². The van der Waals surface area contributed by atoms with Crippen molar-refractivity contribution < 1.29 is 58.7 Å². The van der Waals surface area contributed by atoms with E-state index in [1.165, 1.54) is 32.0 Å². The van der Waals surface area contributed by atoms with Crippen LogP contribution in [0.4, 0.5) is 22.7 Å². The summed E-state index contributed by atoms with van der Waals surface area (Å²) in [5.74, 6) is -4.65. The SMILES string of the molecule is CCc1cc(C)c(S(=O)(=O)O)c(CC)c1Nc1ccc(Nc2c(CC)cc(C)c(S(=O)(=O)O)c2CC)c2c1C(=O)c1c(O)cc(S(=O)(=O)O)c(O)c1C2=O.[Na].[Na].[Na]. The zero-order valence-electron chi connectivity index (χ0n) is 32.9. The number of carbonyl (C=O) groups excluding carboxylic acids is 2. The maximum absolute atomic E-state index is 14.6. The quantitative estimate of drug-likeness (QED) is 0.0533. The van der Waals surface area contributed by atoms with Gasteiger partial charge in [-0.25, -0.2) is 0 Å². The summed E-state index contributed by atoms with van der Waals surface area (Å²) in [5, 5.41) is 28.1. The fraction of sp³-hybridized carbons (Fsp3) is 0.278. The third-order valence-electron chi connectivity index (χ3n) is 9.43. The molecule has 4 aromatic carbocycles. The Bertz CT molecular complexity index is 2670. The van der Waals surface area contributed by atoms with Gasteiger partial charge in [0.15, 0.2) is 0 Å². The Hall–Kier alpha value is -1.85. The summed E-state index contributed by atoms with van der Waals surface area (Å²) in [6, 6.07) is 6.18. The van der Waals surface area contributed by atoms with E-state index in [2.05, 4.69) is 10.6 Å². The minimum absolute atomic E-state index is 0. The first kappa shape index (κ1) is 51.3. The van der Waals surface area contributed by atoms with E-state index >= 15 is 0 Å². The summed E-state index contributed by atoms with van der Waals surface area (Å²) in [6.45, 7) is 9.86. The van der Waals surface area contributed by atoms with Crippen molar-refractivity contribution in [3.8, 4) is 11.5 Å². The van der Waals surface area contributed by atoms with Crippen LogP contribution >= 0.6 is 0 Å². The number of hydrogen-bond donors (Lipinski definition) is 7. The van der Waals surface area contributed by atoms with E-state index in [1.54, 1.807) is 33.8 Å². The molecule has 0 amide bonds. The predicted octanol–water partition coefficient (Wildman–Crippen LogP) is 4.82. The van der Waals surface area contributed by atoms with Crippen molar-refractivity contribution in [2.45, 2.75) is 81.9 Å². The van der Waals surface area contributed by atoms with Gasteiger partial charge in [0.1, 0.15) is 26.2 Å². The number of benzene rings is 4. The number of anilines is 4. The molecule has 7 N–H and O–H groups in total. The fourth-order valence-electron chi connectivity index (χ4n) is 7.23. The van der Waals surface area contributed by atoms with E-state index in [1.807, 2.05) is 0 Å². The molecule has 5 rings (SSSR count). The number of ketones is 2. The van der Waals surface area contributed by atoms with Crippen molar-refractivity contribution in [2.24, 2.45) is 0 Å². The molecule has 3 radical (unpaired) electrons. The van der Waals surface area contributed by atoms with Crippen LogP contribution in [0.2, 0.25) is 0 Å². The Labute approximate surface area is 397 Å². The number of fused-ring (bicyclic) bond motifs is 2. The average molecular weight is 872 g/mol. The molecule has 0 aromatic heterocycles. The molecule has 0 fully saturated rings. The van der Waals surface area contributed by atoms with Crippen LogP contribution in [0.25, 0.3) is 0 Å². The van der Waals surface area contributed by atoms with Gasteiger partial charge >= 0.3 is 0 Å². The van der Waals surface area contributed by atoms with Crippen LogP contribution in [0.3, 0.4) is 0 Å². The minimum Gasteiger partial charge on any atom is -0.507 e. The first-order valence-electron chi connectivity index (χ1n) is 16.7. The van der Waals surface area contributed by atoms with Gasteiger partial charge in [-0.05, 0) is 85.0 Å². The molecule has 1 aliphatic rings. The minimum atomic E-state index is -5.24. The molecule has 291 valence electrons. The number of rotatable bonds is 11. The van der Waals surface area contributed by atoms with Crippen molar-refractivity contribution in [2.75, 3.05) is 10.6 Å². The van der Waals surface area contributed by atoms with Crippen molar-refractivity contribution in [3.63, 3.8) is 0 Å². The predicted molar refractivity (Wildman–Crippen MR) is 216 cm³/mol. The van der Waals surface area contributed by atoms with Crippen molar-refractivity contribution in [1.82, 2.24) is 0 Å². The fourth-order valence-corrected chi connectivity index (χ4v) is 9.89. The summed E-state index contributed by atoms with van der Waals surface area (Å²) < 4.78 is 105. The molecule has 4 aromatic rings. The van der Waals surface area contributed by atoms with E-state index in [0.717, 1.165) is 0 Å². The largest absolute Gasteiger partial charge is 0.507 e. The van der Waals surface area contributed by atoms with E-state index in [4.69, 9.17) is 0 Å². The third kappa shape index (κ3) is 9.40. The molecule has 0 spiro atoms. The van der Waals surface area contributed by atoms with Crippen LogP contribution in [0, 0.1) is 13.8 Å². The molecule has 57 heavy (non-hydrogen) atoms. The molecule has 0 saturated heterocycles. The van der Waals surface area contributed by atoms with E-state index in [-0.39, 0.29) is 156 Å². The topological polar surface area (TPSA) is 262 Å². The molecule has 0 aliphatic heterocycles. The molecule has 0 bridgehead atoms. The number of aryl methyl sites for hydroxylation is 4. The van der Waals surface area contributed by atoms with Gasteiger partial charge < -0.3 is 20.8 Å². The Kier molecular flexibility index (Phi) is 16.9. The molecule has 0 atom stereocenters. The van der Waals surface area contributed by atoms with Crippen molar-refractivity contribution >= 4 is 153 Å². The van der Waals surface area contributed by atoms with Gasteiger partial charge in [-0.1, -0.05) is 39.8 Å². The second-order valence-corrected chi connectivity index (χ2v) is 16.8. The molecule has 1 aliphatic carbocycles. The van der Waals surface area contributed by atoms with Gasteiger partial charge in [-0.3, -0.25) is 23.2 Å². The van der Waals surface area contributed by atoms with E-state index in [9.17, 15) is 58.7 Å². The summed E-state index contributed by atoms with van der Waals surface area (Å²) in [6.07, 6.45) is 0.823. The number of carbonyl (C=O) groups is 2. The zero-order valence-corrected chi connectivity index (χ0v) is 41.4. The second-order valence-electron chi connectivity index (χ2n) is 12.7. The normalized spacial score (nSPS) is 12.4. The Morgan fingerprint density at radius 1 is 0.544 bits per heavy atom. The van der Waals surface area contributed by atoms with Crippen LogP contribution in [-0.4, -0.2) is 149 Å². The van der Waals surface area contributed by atoms with Gasteiger partial charge in [0.2, 0.25) is 11.6 Å². The van der Waals surface area contributed by atoms with Crippen LogP contribution in [0.5, 0.6) is 11.5 Å². The number of phenolic OH excluding ortho intramolecular Hbond substituents is 2. The van der Waals surface area contributed by atoms with Crippen LogP contribution in [0.15, 0.2) is 45.0 Å². The van der Waals surface area contributed by atoms with Gasteiger partial charge in [-0.2, -0.15) is 25.3 Å². The van der Waals surface area contributed by atoms with Crippen LogP contribution in [-0.2, 0) is 56.0 Å². The van der Waals surface area contributed by atoms with Gasteiger partial charge in [0, 0.05) is 106 Å². The molecular formula is C36H38N2Na3O13S3. The van der Waals surface area contributed by atoms with Gasteiger partial charge in [0.25, 0.3) is 30.4 Å². The van der Waals surface area contributed by atoms with E-state index < -0.39 is 80.6 Å². The summed E-state index contributed by atoms with van der Waals surface area (Å²) in [7, 11) is -14.8.